The number of thiophene rings is 1. The summed E-state index contributed by atoms with van der Waals surface area (Å²) >= 11 is 1.85. The third kappa shape index (κ3) is 5.15. The van der Waals surface area contributed by atoms with Crippen molar-refractivity contribution in [2.45, 2.75) is 18.8 Å². The zero-order chi connectivity index (χ0) is 37.5. The van der Waals surface area contributed by atoms with E-state index in [1.165, 1.54) is 58.8 Å². The fourth-order valence-corrected chi connectivity index (χ4v) is 10.3. The number of hydrogen-bond donors (Lipinski definition) is 2. The van der Waals surface area contributed by atoms with E-state index < -0.39 is 0 Å². The lowest BCUT2D eigenvalue weighted by atomic mass is 9.97. The number of para-hydroxylation sites is 4. The number of fused-ring (bicyclic) bond motifs is 9. The molecule has 57 heavy (non-hydrogen) atoms. The SMILES string of the molecule is C1=CCC(C2=NC(c3cccc4c3oc3c(-c5cccc6sc7cc(-n8c9ccccc9c9ccccc98)ccc7c56)cccc34)NC(c3ccccc3)N2)C=C1. The van der Waals surface area contributed by atoms with Gasteiger partial charge in [0.25, 0.3) is 0 Å². The molecule has 272 valence electrons. The van der Waals surface area contributed by atoms with Crippen molar-refractivity contribution in [1.29, 1.82) is 0 Å². The highest BCUT2D eigenvalue weighted by Crippen LogP contribution is 2.45. The van der Waals surface area contributed by atoms with Crippen LogP contribution in [0.3, 0.4) is 0 Å². The molecule has 1 aliphatic carbocycles. The summed E-state index contributed by atoms with van der Waals surface area (Å²) in [5.74, 6) is 1.17. The monoisotopic (exact) mass is 752 g/mol. The van der Waals surface area contributed by atoms with Gasteiger partial charge in [-0.05, 0) is 47.9 Å². The molecule has 2 N–H and O–H groups in total. The number of benzene rings is 7. The Hall–Kier alpha value is -6.73. The van der Waals surface area contributed by atoms with Crippen LogP contribution in [0.2, 0.25) is 0 Å². The number of rotatable bonds is 5. The van der Waals surface area contributed by atoms with Gasteiger partial charge in [-0.15, -0.1) is 11.3 Å². The molecule has 3 aromatic heterocycles. The summed E-state index contributed by atoms with van der Waals surface area (Å²) in [6, 6.07) is 54.7. The van der Waals surface area contributed by atoms with E-state index in [0.717, 1.165) is 45.3 Å². The summed E-state index contributed by atoms with van der Waals surface area (Å²) < 4.78 is 12.0. The third-order valence-corrected chi connectivity index (χ3v) is 12.9. The van der Waals surface area contributed by atoms with Crippen molar-refractivity contribution in [3.05, 3.63) is 187 Å². The lowest BCUT2D eigenvalue weighted by Crippen LogP contribution is -2.47. The van der Waals surface area contributed by atoms with E-state index in [-0.39, 0.29) is 18.2 Å². The van der Waals surface area contributed by atoms with Gasteiger partial charge in [-0.3, -0.25) is 5.32 Å². The van der Waals surface area contributed by atoms with E-state index in [2.05, 4.69) is 191 Å². The van der Waals surface area contributed by atoms with Crippen molar-refractivity contribution in [2.24, 2.45) is 10.9 Å². The standard InChI is InChI=1S/C51H36N4OS/c1-3-14-31(15-4-1)49-52-50(32-16-5-2-6-17-32)54-51(53-49)41-24-12-23-39-38-22-11-21-37(47(38)56-48(39)41)36-20-13-27-44-46(36)40-29-28-33(30-45(40)57-44)55-42-25-9-7-18-34(42)35-19-8-10-26-43(35)55/h1-16,18-30,32,49,51,53H,17H2,(H,52,54). The summed E-state index contributed by atoms with van der Waals surface area (Å²) in [5, 5.41) is 14.8. The van der Waals surface area contributed by atoms with Crippen LogP contribution < -0.4 is 10.6 Å². The molecule has 12 rings (SSSR count). The normalized spacial score (nSPS) is 18.3. The molecule has 0 saturated heterocycles. The Morgan fingerprint density at radius 3 is 2.14 bits per heavy atom. The Morgan fingerprint density at radius 2 is 1.33 bits per heavy atom. The first-order valence-corrected chi connectivity index (χ1v) is 20.5. The summed E-state index contributed by atoms with van der Waals surface area (Å²) in [7, 11) is 0. The van der Waals surface area contributed by atoms with Crippen molar-refractivity contribution < 1.29 is 4.42 Å². The lowest BCUT2D eigenvalue weighted by molar-refractivity contribution is 0.399. The molecule has 4 heterocycles. The topological polar surface area (TPSA) is 54.5 Å². The minimum absolute atomic E-state index is 0.0989. The first kappa shape index (κ1) is 32.5. The van der Waals surface area contributed by atoms with E-state index in [1.54, 1.807) is 0 Å². The highest BCUT2D eigenvalue weighted by atomic mass is 32.1. The van der Waals surface area contributed by atoms with Gasteiger partial charge in [0.2, 0.25) is 0 Å². The smallest absolute Gasteiger partial charge is 0.143 e. The van der Waals surface area contributed by atoms with Crippen molar-refractivity contribution in [3.63, 3.8) is 0 Å². The molecule has 5 nitrogen and oxygen atoms in total. The predicted octanol–water partition coefficient (Wildman–Crippen LogP) is 13.1. The average molecular weight is 753 g/mol. The van der Waals surface area contributed by atoms with Crippen LogP contribution in [0.25, 0.3) is 80.7 Å². The number of furan rings is 1. The summed E-state index contributed by atoms with van der Waals surface area (Å²) in [6.45, 7) is 0. The van der Waals surface area contributed by atoms with Gasteiger partial charge in [-0.2, -0.15) is 0 Å². The Labute approximate surface area is 332 Å². The Bertz CT molecular complexity index is 3260. The second-order valence-corrected chi connectivity index (χ2v) is 16.1. The van der Waals surface area contributed by atoms with Crippen LogP contribution in [-0.4, -0.2) is 10.4 Å². The Balaban J connectivity index is 1.00. The second kappa shape index (κ2) is 12.9. The molecule has 0 bridgehead atoms. The molecule has 0 radical (unpaired) electrons. The first-order valence-electron chi connectivity index (χ1n) is 19.6. The molecule has 0 amide bonds. The lowest BCUT2D eigenvalue weighted by Gasteiger charge is -2.34. The van der Waals surface area contributed by atoms with Gasteiger partial charge in [-0.1, -0.05) is 146 Å². The minimum Gasteiger partial charge on any atom is -0.455 e. The van der Waals surface area contributed by atoms with Crippen molar-refractivity contribution >= 4 is 81.1 Å². The van der Waals surface area contributed by atoms with E-state index in [9.17, 15) is 0 Å². The second-order valence-electron chi connectivity index (χ2n) is 15.1. The average Bonchev–Trinajstić information content (AvgIpc) is 3.96. The van der Waals surface area contributed by atoms with Crippen LogP contribution in [0.5, 0.6) is 0 Å². The van der Waals surface area contributed by atoms with Crippen LogP contribution in [0, 0.1) is 5.92 Å². The van der Waals surface area contributed by atoms with Gasteiger partial charge < -0.3 is 14.3 Å². The molecule has 3 unspecified atom stereocenters. The van der Waals surface area contributed by atoms with Crippen molar-refractivity contribution in [2.75, 3.05) is 0 Å². The van der Waals surface area contributed by atoms with Crippen LogP contribution in [0.1, 0.15) is 29.9 Å². The van der Waals surface area contributed by atoms with E-state index in [1.807, 2.05) is 11.3 Å². The number of aromatic nitrogens is 1. The van der Waals surface area contributed by atoms with Gasteiger partial charge in [0.1, 0.15) is 29.3 Å². The van der Waals surface area contributed by atoms with Crippen molar-refractivity contribution in [3.8, 4) is 16.8 Å². The number of aliphatic imine (C=N–C) groups is 1. The fourth-order valence-electron chi connectivity index (χ4n) is 9.18. The maximum atomic E-state index is 7.08. The molecular formula is C51H36N4OS. The third-order valence-electron chi connectivity index (χ3n) is 11.8. The minimum atomic E-state index is -0.300. The van der Waals surface area contributed by atoms with Crippen LogP contribution in [0.15, 0.2) is 185 Å². The molecular weight excluding hydrogens is 717 g/mol. The summed E-state index contributed by atoms with van der Waals surface area (Å²) in [6.07, 6.45) is 9.21. The molecule has 0 fully saturated rings. The molecule has 2 aliphatic rings. The predicted molar refractivity (Wildman–Crippen MR) is 238 cm³/mol. The molecule has 10 aromatic rings. The summed E-state index contributed by atoms with van der Waals surface area (Å²) in [5.41, 5.74) is 9.84. The molecule has 0 saturated carbocycles. The fraction of sp³-hybridized carbons (Fsp3) is 0.0784. The number of hydrogen-bond acceptors (Lipinski definition) is 5. The molecule has 6 heteroatoms. The highest BCUT2D eigenvalue weighted by Gasteiger charge is 2.30. The number of nitrogens with zero attached hydrogens (tertiary/aromatic N) is 2. The van der Waals surface area contributed by atoms with E-state index >= 15 is 0 Å². The maximum absolute atomic E-state index is 7.08. The Morgan fingerprint density at radius 1 is 0.614 bits per heavy atom. The van der Waals surface area contributed by atoms with E-state index in [0.29, 0.717) is 0 Å². The van der Waals surface area contributed by atoms with Gasteiger partial charge in [0.05, 0.1) is 11.0 Å². The van der Waals surface area contributed by atoms with Crippen LogP contribution in [-0.2, 0) is 0 Å². The van der Waals surface area contributed by atoms with Crippen molar-refractivity contribution in [1.82, 2.24) is 15.2 Å². The van der Waals surface area contributed by atoms with Gasteiger partial charge in [0, 0.05) is 64.4 Å². The van der Waals surface area contributed by atoms with Gasteiger partial charge in [0.15, 0.2) is 0 Å². The molecule has 7 aromatic carbocycles. The molecule has 0 spiro atoms. The van der Waals surface area contributed by atoms with Crippen LogP contribution >= 0.6 is 11.3 Å². The number of allylic oxidation sites excluding steroid dienone is 3. The zero-order valence-electron chi connectivity index (χ0n) is 30.9. The van der Waals surface area contributed by atoms with E-state index in [4.69, 9.17) is 9.41 Å². The number of nitrogens with one attached hydrogen (secondary N) is 2. The Kier molecular flexibility index (Phi) is 7.37. The molecule has 3 atom stereocenters. The van der Waals surface area contributed by atoms with Gasteiger partial charge in [-0.25, -0.2) is 4.99 Å². The largest absolute Gasteiger partial charge is 0.455 e. The number of amidine groups is 1. The molecule has 1 aliphatic heterocycles. The zero-order valence-corrected chi connectivity index (χ0v) is 31.7. The van der Waals surface area contributed by atoms with Crippen LogP contribution in [0.4, 0.5) is 0 Å². The maximum Gasteiger partial charge on any atom is 0.143 e. The quantitative estimate of drug-likeness (QED) is 0.184. The highest BCUT2D eigenvalue weighted by molar-refractivity contribution is 7.26. The van der Waals surface area contributed by atoms with Gasteiger partial charge >= 0.3 is 0 Å². The summed E-state index contributed by atoms with van der Waals surface area (Å²) in [4.78, 5) is 5.33. The first-order chi connectivity index (χ1) is 28.3.